The SMILES string of the molecule is O=[N+]([O-])c1ccc(N/N=C/c2c([N+](=O)[O-])cc([N+](=O)[O-])cc2[N+](=O)[O-])c([N+](=O)[O-])c1. The minimum atomic E-state index is -1.10. The monoisotopic (exact) mass is 421 g/mol. The zero-order valence-corrected chi connectivity index (χ0v) is 14.2. The largest absolute Gasteiger partial charge is 0.301 e. The summed E-state index contributed by atoms with van der Waals surface area (Å²) in [6.07, 6.45) is 0.575. The molecule has 1 N–H and O–H groups in total. The summed E-state index contributed by atoms with van der Waals surface area (Å²) in [6.45, 7) is 0. The molecule has 0 saturated heterocycles. The summed E-state index contributed by atoms with van der Waals surface area (Å²) in [5, 5.41) is 58.4. The smallest absolute Gasteiger partial charge is 0.272 e. The molecular formula is C13H7N7O10. The highest BCUT2D eigenvalue weighted by Gasteiger charge is 2.29. The van der Waals surface area contributed by atoms with Crippen LogP contribution in [0.4, 0.5) is 34.1 Å². The van der Waals surface area contributed by atoms with E-state index < -0.39 is 58.6 Å². The molecule has 0 radical (unpaired) electrons. The van der Waals surface area contributed by atoms with Gasteiger partial charge in [-0.15, -0.1) is 0 Å². The topological polar surface area (TPSA) is 240 Å². The highest BCUT2D eigenvalue weighted by Crippen LogP contribution is 2.33. The van der Waals surface area contributed by atoms with Crippen molar-refractivity contribution in [3.05, 3.63) is 86.5 Å². The van der Waals surface area contributed by atoms with E-state index >= 15 is 0 Å². The van der Waals surface area contributed by atoms with Crippen LogP contribution in [0, 0.1) is 50.6 Å². The Morgan fingerprint density at radius 2 is 1.13 bits per heavy atom. The first-order valence-corrected chi connectivity index (χ1v) is 7.36. The highest BCUT2D eigenvalue weighted by atomic mass is 16.6. The van der Waals surface area contributed by atoms with Gasteiger partial charge >= 0.3 is 5.69 Å². The van der Waals surface area contributed by atoms with Gasteiger partial charge in [-0.1, -0.05) is 0 Å². The molecule has 0 atom stereocenters. The van der Waals surface area contributed by atoms with Crippen LogP contribution in [0.1, 0.15) is 5.56 Å². The lowest BCUT2D eigenvalue weighted by molar-refractivity contribution is -0.403. The fourth-order valence-electron chi connectivity index (χ4n) is 2.19. The third kappa shape index (κ3) is 4.42. The van der Waals surface area contributed by atoms with Crippen LogP contribution in [0.2, 0.25) is 0 Å². The van der Waals surface area contributed by atoms with Crippen molar-refractivity contribution in [2.24, 2.45) is 5.10 Å². The standard InChI is InChI=1S/C13H7N7O10/c21-16(22)7-1-2-10(13(3-7)20(29)30)15-14-6-9-11(18(25)26)4-8(17(23)24)5-12(9)19(27)28/h1-6,15H/b14-6+. The molecule has 0 aliphatic heterocycles. The molecule has 154 valence electrons. The quantitative estimate of drug-likeness (QED) is 0.369. The normalized spacial score (nSPS) is 10.5. The molecule has 0 amide bonds. The second-order valence-corrected chi connectivity index (χ2v) is 5.25. The van der Waals surface area contributed by atoms with Gasteiger partial charge in [0.15, 0.2) is 5.56 Å². The summed E-state index contributed by atoms with van der Waals surface area (Å²) in [7, 11) is 0. The van der Waals surface area contributed by atoms with Crippen LogP contribution in [0.15, 0.2) is 35.4 Å². The molecule has 2 rings (SSSR count). The van der Waals surface area contributed by atoms with Crippen LogP contribution in [-0.2, 0) is 0 Å². The highest BCUT2D eigenvalue weighted by molar-refractivity contribution is 5.92. The van der Waals surface area contributed by atoms with Crippen molar-refractivity contribution in [3.63, 3.8) is 0 Å². The van der Waals surface area contributed by atoms with E-state index in [2.05, 4.69) is 10.5 Å². The average molecular weight is 421 g/mol. The van der Waals surface area contributed by atoms with Crippen molar-refractivity contribution in [2.45, 2.75) is 0 Å². The fraction of sp³-hybridized carbons (Fsp3) is 0. The van der Waals surface area contributed by atoms with Gasteiger partial charge in [-0.05, 0) is 6.07 Å². The number of hydrogen-bond donors (Lipinski definition) is 1. The summed E-state index contributed by atoms with van der Waals surface area (Å²) in [5.74, 6) is 0. The Labute approximate surface area is 163 Å². The lowest BCUT2D eigenvalue weighted by atomic mass is 10.1. The third-order valence-electron chi connectivity index (χ3n) is 3.49. The van der Waals surface area contributed by atoms with Crippen molar-refractivity contribution in [1.82, 2.24) is 0 Å². The van der Waals surface area contributed by atoms with Crippen molar-refractivity contribution in [1.29, 1.82) is 0 Å². The first-order valence-electron chi connectivity index (χ1n) is 7.36. The minimum Gasteiger partial charge on any atom is -0.272 e. The Hall–Kier alpha value is -5.09. The second-order valence-electron chi connectivity index (χ2n) is 5.25. The Bertz CT molecular complexity index is 1090. The van der Waals surface area contributed by atoms with Crippen LogP contribution in [0.3, 0.4) is 0 Å². The lowest BCUT2D eigenvalue weighted by Crippen LogP contribution is -2.04. The molecule has 17 nitrogen and oxygen atoms in total. The summed E-state index contributed by atoms with van der Waals surface area (Å²) in [4.78, 5) is 49.9. The predicted octanol–water partition coefficient (Wildman–Crippen LogP) is 2.67. The van der Waals surface area contributed by atoms with Gasteiger partial charge < -0.3 is 0 Å². The molecule has 0 saturated carbocycles. The van der Waals surface area contributed by atoms with E-state index in [-0.39, 0.29) is 5.69 Å². The number of non-ortho nitro benzene ring substituents is 2. The van der Waals surface area contributed by atoms with Crippen molar-refractivity contribution >= 4 is 40.3 Å². The number of benzene rings is 2. The average Bonchev–Trinajstić information content (AvgIpc) is 2.67. The van der Waals surface area contributed by atoms with E-state index in [9.17, 15) is 50.6 Å². The maximum absolute atomic E-state index is 11.2. The Morgan fingerprint density at radius 3 is 1.57 bits per heavy atom. The van der Waals surface area contributed by atoms with E-state index in [1.165, 1.54) is 0 Å². The number of rotatable bonds is 8. The minimum absolute atomic E-state index is 0.353. The van der Waals surface area contributed by atoms with Gasteiger partial charge in [0.25, 0.3) is 22.7 Å². The van der Waals surface area contributed by atoms with Gasteiger partial charge in [0, 0.05) is 6.07 Å². The van der Waals surface area contributed by atoms with Crippen molar-refractivity contribution in [3.8, 4) is 0 Å². The molecule has 30 heavy (non-hydrogen) atoms. The van der Waals surface area contributed by atoms with E-state index in [1.807, 2.05) is 0 Å². The van der Waals surface area contributed by atoms with Gasteiger partial charge in [0.05, 0.1) is 49.0 Å². The fourth-order valence-corrected chi connectivity index (χ4v) is 2.19. The first-order chi connectivity index (χ1) is 14.0. The maximum atomic E-state index is 11.2. The van der Waals surface area contributed by atoms with Crippen LogP contribution < -0.4 is 5.43 Å². The third-order valence-corrected chi connectivity index (χ3v) is 3.49. The summed E-state index contributed by atoms with van der Waals surface area (Å²) in [5.41, 5.74) is -3.20. The van der Waals surface area contributed by atoms with E-state index in [4.69, 9.17) is 0 Å². The van der Waals surface area contributed by atoms with E-state index in [0.717, 1.165) is 12.1 Å². The summed E-state index contributed by atoms with van der Waals surface area (Å²) >= 11 is 0. The van der Waals surface area contributed by atoms with Crippen LogP contribution in [0.5, 0.6) is 0 Å². The number of nitrogens with zero attached hydrogens (tertiary/aromatic N) is 6. The van der Waals surface area contributed by atoms with Crippen LogP contribution >= 0.6 is 0 Å². The summed E-state index contributed by atoms with van der Waals surface area (Å²) in [6, 6.07) is 3.47. The molecule has 0 fully saturated rings. The molecule has 0 aliphatic rings. The molecular weight excluding hydrogens is 414 g/mol. The number of nitro benzene ring substituents is 5. The number of hydrogen-bond acceptors (Lipinski definition) is 12. The molecule has 2 aromatic rings. The molecule has 0 bridgehead atoms. The molecule has 0 aromatic heterocycles. The van der Waals surface area contributed by atoms with Crippen LogP contribution in [0.25, 0.3) is 0 Å². The molecule has 2 aromatic carbocycles. The Balaban J connectivity index is 2.51. The molecule has 0 aliphatic carbocycles. The zero-order valence-electron chi connectivity index (χ0n) is 14.2. The van der Waals surface area contributed by atoms with Crippen LogP contribution in [-0.4, -0.2) is 30.8 Å². The van der Waals surface area contributed by atoms with Gasteiger partial charge in [0.2, 0.25) is 0 Å². The Kier molecular flexibility index (Phi) is 5.86. The second kappa shape index (κ2) is 8.29. The van der Waals surface area contributed by atoms with Crippen molar-refractivity contribution in [2.75, 3.05) is 5.43 Å². The lowest BCUT2D eigenvalue weighted by Gasteiger charge is -2.03. The molecule has 0 spiro atoms. The number of nitro groups is 5. The van der Waals surface area contributed by atoms with Gasteiger partial charge in [0.1, 0.15) is 5.69 Å². The Morgan fingerprint density at radius 1 is 0.667 bits per heavy atom. The van der Waals surface area contributed by atoms with Gasteiger partial charge in [-0.25, -0.2) is 0 Å². The molecule has 0 heterocycles. The van der Waals surface area contributed by atoms with Gasteiger partial charge in [-0.2, -0.15) is 5.10 Å². The number of hydrazone groups is 1. The van der Waals surface area contributed by atoms with Gasteiger partial charge in [-0.3, -0.25) is 56.0 Å². The number of nitrogens with one attached hydrogen (secondary N) is 1. The summed E-state index contributed by atoms with van der Waals surface area (Å²) < 4.78 is 0. The zero-order chi connectivity index (χ0) is 22.6. The van der Waals surface area contributed by atoms with E-state index in [1.54, 1.807) is 0 Å². The first kappa shape index (κ1) is 21.2. The maximum Gasteiger partial charge on any atom is 0.301 e. The predicted molar refractivity (Wildman–Crippen MR) is 97.4 cm³/mol. The van der Waals surface area contributed by atoms with E-state index in [0.29, 0.717) is 24.4 Å². The molecule has 17 heteroatoms. The number of anilines is 1. The van der Waals surface area contributed by atoms with Crippen molar-refractivity contribution < 1.29 is 24.6 Å². The molecule has 0 unspecified atom stereocenters.